The highest BCUT2D eigenvalue weighted by atomic mass is 35.5. The van der Waals surface area contributed by atoms with E-state index in [1.54, 1.807) is 104 Å². The second-order valence-electron chi connectivity index (χ2n) is 20.6. The van der Waals surface area contributed by atoms with Crippen molar-refractivity contribution in [3.63, 3.8) is 0 Å². The smallest absolute Gasteiger partial charge is 0.335 e. The number of carbonyl (C=O) groups excluding carboxylic acids is 3. The number of thiazole rings is 4. The van der Waals surface area contributed by atoms with Gasteiger partial charge in [0, 0.05) is 139 Å². The maximum Gasteiger partial charge on any atom is 0.335 e. The molecule has 25 nitrogen and oxygen atoms in total. The van der Waals surface area contributed by atoms with Crippen LogP contribution in [0, 0.1) is 0 Å². The molecule has 0 spiro atoms. The first-order chi connectivity index (χ1) is 46.6. The van der Waals surface area contributed by atoms with Crippen molar-refractivity contribution in [2.24, 2.45) is 0 Å². The van der Waals surface area contributed by atoms with Gasteiger partial charge in [0.1, 0.15) is 0 Å². The number of aliphatic hydroxyl groups is 1. The standard InChI is InChI=1S/C26H30N4O5S.C17H17NO5.C9H15N3OS.C5H7ClN2S.C5H8N2OS.C4H6O.ClH/c1-33-22-7-6-20(15-23(22)34-2)24(31)27-16-18-4-3-5-19(14-18)25(32)29-26-28-17-21(36-26)8-9-30-10-12-35-13-11-30;1-22-14-7-6-12(9-15(14)23-2)16(19)18-10-11-4-3-5-13(8-11)17(20)21;10-9-11-7-8(14-9)1-2-12-3-5-13-6-4-12;6-2-1-4-3-8-5(7)9-4;6-5-7-3-4(9-5)1-2-8;1-2-4-5-3-1;/h3-7,14-15,17H,8-13,16H2,1-2H3,(H,27,31)(H,28,29,32);3-9H,10H2,1-2H3,(H,18,19)(H,20,21);7H,1-6H2,(H2,10,11);3H,1-2H2,(H2,7,8);3,8H,1-2H2,(H2,6,7);1,3H,2,4H2;1H. The number of benzene rings is 4. The predicted octanol–water partition coefficient (Wildman–Crippen LogP) is 9.26. The van der Waals surface area contributed by atoms with E-state index in [0.29, 0.717) is 78.1 Å². The number of aromatic carboxylic acids is 1. The minimum atomic E-state index is -1.00. The number of aromatic nitrogens is 4. The molecule has 0 radical (unpaired) electrons. The summed E-state index contributed by atoms with van der Waals surface area (Å²) in [6.07, 6.45) is 15.5. The number of carboxylic acids is 1. The Labute approximate surface area is 591 Å². The van der Waals surface area contributed by atoms with Crippen LogP contribution in [0.2, 0.25) is 0 Å². The number of methoxy groups -OCH3 is 4. The molecule has 11 N–H and O–H groups in total. The molecule has 0 atom stereocenters. The minimum absolute atomic E-state index is 0. The third-order valence-electron chi connectivity index (χ3n) is 13.9. The summed E-state index contributed by atoms with van der Waals surface area (Å²) in [5.41, 5.74) is 19.3. The maximum absolute atomic E-state index is 12.8. The number of ether oxygens (including phenoxy) is 7. The molecule has 0 bridgehead atoms. The minimum Gasteiger partial charge on any atom is -0.501 e. The van der Waals surface area contributed by atoms with E-state index in [-0.39, 0.29) is 55.4 Å². The average Bonchev–Trinajstić information content (AvgIpc) is 1.56. The Kier molecular flexibility index (Phi) is 36.5. The molecule has 7 heterocycles. The van der Waals surface area contributed by atoms with E-state index in [4.69, 9.17) is 72.2 Å². The SMILES string of the molecule is C1=COCC1.COc1ccc(C(=O)NCc2cccc(C(=O)Nc3ncc(CCN4CCOCC4)s3)c2)cc1OC.COc1ccc(C(=O)NCc2cccc(C(=O)O)c2)cc1OC.Cl.Nc1ncc(CCCl)s1.Nc1ncc(CCN2CCOCC2)s1.Nc1ncc(CCO)s1. The van der Waals surface area contributed by atoms with Gasteiger partial charge in [0.15, 0.2) is 43.5 Å². The molecule has 0 saturated carbocycles. The summed E-state index contributed by atoms with van der Waals surface area (Å²) in [5, 5.41) is 28.4. The number of morpholine rings is 2. The number of hydrogen-bond donors (Lipinski definition) is 8. The molecule has 97 heavy (non-hydrogen) atoms. The van der Waals surface area contributed by atoms with Gasteiger partial charge in [0.25, 0.3) is 17.7 Å². The van der Waals surface area contributed by atoms with E-state index in [1.165, 1.54) is 72.3 Å². The summed E-state index contributed by atoms with van der Waals surface area (Å²) >= 11 is 11.5. The first kappa shape index (κ1) is 79.5. The Morgan fingerprint density at radius 1 is 0.546 bits per heavy atom. The van der Waals surface area contributed by atoms with Crippen molar-refractivity contribution < 1.29 is 62.5 Å². The zero-order valence-electron chi connectivity index (χ0n) is 54.4. The van der Waals surface area contributed by atoms with Gasteiger partial charge < -0.3 is 71.2 Å². The van der Waals surface area contributed by atoms with Crippen LogP contribution >= 0.6 is 69.4 Å². The van der Waals surface area contributed by atoms with E-state index in [1.807, 2.05) is 24.5 Å². The van der Waals surface area contributed by atoms with Gasteiger partial charge in [0.05, 0.1) is 73.3 Å². The second-order valence-corrected chi connectivity index (χ2v) is 25.6. The number of anilines is 4. The van der Waals surface area contributed by atoms with Gasteiger partial charge in [-0.05, 0) is 97.1 Å². The third kappa shape index (κ3) is 29.2. The molecule has 4 aromatic carbocycles. The molecule has 524 valence electrons. The number of hydrogen-bond acceptors (Lipinski definition) is 25. The fourth-order valence-corrected chi connectivity index (χ4v) is 12.0. The Balaban J connectivity index is 0.000000236. The monoisotopic (exact) mass is 1450 g/mol. The highest BCUT2D eigenvalue weighted by molar-refractivity contribution is 7.16. The topological polar surface area (TPSA) is 346 Å². The normalized spacial score (nSPS) is 13.0. The summed E-state index contributed by atoms with van der Waals surface area (Å²) in [5.74, 6) is 0.903. The van der Waals surface area contributed by atoms with Gasteiger partial charge in [-0.15, -0.1) is 69.4 Å². The van der Waals surface area contributed by atoms with Gasteiger partial charge in [0.2, 0.25) is 0 Å². The second kappa shape index (κ2) is 44.6. The zero-order chi connectivity index (χ0) is 68.9. The molecule has 0 aliphatic carbocycles. The number of rotatable bonds is 23. The predicted molar refractivity (Wildman–Crippen MR) is 385 cm³/mol. The molecular weight excluding hydrogens is 1370 g/mol. The maximum atomic E-state index is 12.8. The number of aliphatic hydroxyl groups excluding tert-OH is 1. The van der Waals surface area contributed by atoms with Crippen molar-refractivity contribution in [1.82, 2.24) is 40.4 Å². The zero-order valence-corrected chi connectivity index (χ0v) is 59.2. The Morgan fingerprint density at radius 3 is 1.38 bits per heavy atom. The van der Waals surface area contributed by atoms with Crippen LogP contribution in [0.4, 0.5) is 20.5 Å². The Hall–Kier alpha value is -8.20. The molecule has 31 heteroatoms. The summed E-state index contributed by atoms with van der Waals surface area (Å²) in [4.78, 5) is 74.0. The van der Waals surface area contributed by atoms with Crippen LogP contribution in [-0.2, 0) is 53.0 Å². The van der Waals surface area contributed by atoms with Crippen LogP contribution in [0.15, 0.2) is 122 Å². The lowest BCUT2D eigenvalue weighted by Crippen LogP contribution is -2.37. The van der Waals surface area contributed by atoms with E-state index < -0.39 is 5.97 Å². The molecule has 8 aromatic rings. The highest BCUT2D eigenvalue weighted by Gasteiger charge is 2.17. The van der Waals surface area contributed by atoms with Crippen molar-refractivity contribution in [2.45, 2.75) is 45.2 Å². The van der Waals surface area contributed by atoms with Gasteiger partial charge in [-0.25, -0.2) is 24.7 Å². The largest absolute Gasteiger partial charge is 0.501 e. The molecule has 2 saturated heterocycles. The number of nitrogen functional groups attached to an aromatic ring is 3. The number of carboxylic acid groups (broad SMARTS) is 1. The van der Waals surface area contributed by atoms with Gasteiger partial charge in [-0.1, -0.05) is 24.3 Å². The highest BCUT2D eigenvalue weighted by Crippen LogP contribution is 2.29. The van der Waals surface area contributed by atoms with Gasteiger partial charge >= 0.3 is 5.97 Å². The van der Waals surface area contributed by atoms with Crippen LogP contribution in [0.3, 0.4) is 0 Å². The third-order valence-corrected chi connectivity index (χ3v) is 17.7. The number of carbonyl (C=O) groups is 4. The lowest BCUT2D eigenvalue weighted by atomic mass is 10.1. The van der Waals surface area contributed by atoms with Crippen LogP contribution in [0.25, 0.3) is 0 Å². The van der Waals surface area contributed by atoms with E-state index in [0.717, 1.165) is 118 Å². The molecule has 3 amide bonds. The molecule has 3 aliphatic heterocycles. The van der Waals surface area contributed by atoms with Crippen LogP contribution in [0.5, 0.6) is 23.0 Å². The van der Waals surface area contributed by atoms with Crippen LogP contribution < -0.4 is 52.1 Å². The Bertz CT molecular complexity index is 3630. The van der Waals surface area contributed by atoms with Crippen molar-refractivity contribution in [3.8, 4) is 23.0 Å². The van der Waals surface area contributed by atoms with Crippen molar-refractivity contribution in [3.05, 3.63) is 175 Å². The van der Waals surface area contributed by atoms with Crippen molar-refractivity contribution in [2.75, 3.05) is 136 Å². The van der Waals surface area contributed by atoms with E-state index >= 15 is 0 Å². The number of nitrogens with one attached hydrogen (secondary N) is 3. The quantitative estimate of drug-likeness (QED) is 0.0276. The number of amides is 3. The molecule has 2 fully saturated rings. The molecule has 3 aliphatic rings. The number of halogens is 2. The Morgan fingerprint density at radius 2 is 0.979 bits per heavy atom. The lowest BCUT2D eigenvalue weighted by molar-refractivity contribution is 0.0385. The van der Waals surface area contributed by atoms with Crippen LogP contribution in [-0.4, -0.2) is 177 Å². The summed E-state index contributed by atoms with van der Waals surface area (Å²) in [6.45, 7) is 10.9. The number of aryl methyl sites for hydroxylation is 1. The summed E-state index contributed by atoms with van der Waals surface area (Å²) < 4.78 is 36.2. The lowest BCUT2D eigenvalue weighted by Gasteiger charge is -2.26. The van der Waals surface area contributed by atoms with E-state index in [2.05, 4.69) is 45.7 Å². The van der Waals surface area contributed by atoms with E-state index in [9.17, 15) is 19.2 Å². The van der Waals surface area contributed by atoms with Crippen molar-refractivity contribution in [1.29, 1.82) is 0 Å². The molecular formula is C66H84Cl2N12O13S4. The first-order valence-corrected chi connectivity index (χ1v) is 34.2. The fourth-order valence-electron chi connectivity index (χ4n) is 8.86. The number of nitrogens with zero attached hydrogens (tertiary/aromatic N) is 6. The van der Waals surface area contributed by atoms with Crippen LogP contribution in [0.1, 0.15) is 78.5 Å². The van der Waals surface area contributed by atoms with Crippen molar-refractivity contribution >= 4 is 114 Å². The number of nitrogens with two attached hydrogens (primary N) is 3. The molecule has 0 unspecified atom stereocenters. The van der Waals surface area contributed by atoms with Gasteiger partial charge in [-0.2, -0.15) is 0 Å². The average molecular weight is 1450 g/mol. The molecule has 11 rings (SSSR count). The first-order valence-electron chi connectivity index (χ1n) is 30.4. The summed E-state index contributed by atoms with van der Waals surface area (Å²) in [6, 6.07) is 23.4. The van der Waals surface area contributed by atoms with Gasteiger partial charge in [-0.3, -0.25) is 29.5 Å². The number of alkyl halides is 1. The fraction of sp³-hybridized carbons (Fsp3) is 0.364. The molecule has 4 aromatic heterocycles. The summed E-state index contributed by atoms with van der Waals surface area (Å²) in [7, 11) is 6.08.